The van der Waals surface area contributed by atoms with Gasteiger partial charge in [-0.05, 0) is 49.8 Å². The Balaban J connectivity index is 2.07. The molecule has 0 saturated heterocycles. The molecule has 3 heteroatoms. The number of nitrogens with one attached hydrogen (secondary N) is 1. The van der Waals surface area contributed by atoms with E-state index >= 15 is 0 Å². The summed E-state index contributed by atoms with van der Waals surface area (Å²) in [5, 5.41) is 13.1. The van der Waals surface area contributed by atoms with Gasteiger partial charge in [-0.2, -0.15) is 0 Å². The third kappa shape index (κ3) is 3.16. The molecule has 1 fully saturated rings. The number of aliphatic hydroxyl groups excluding tert-OH is 1. The first-order chi connectivity index (χ1) is 8.72. The monoisotopic (exact) mass is 249 g/mol. The van der Waals surface area contributed by atoms with E-state index in [0.717, 1.165) is 43.5 Å². The highest BCUT2D eigenvalue weighted by molar-refractivity contribution is 5.58. The zero-order valence-corrected chi connectivity index (χ0v) is 11.3. The number of methoxy groups -OCH3 is 1. The van der Waals surface area contributed by atoms with Crippen molar-refractivity contribution in [1.29, 1.82) is 0 Å². The maximum atomic E-state index is 9.52. The molecule has 1 aromatic carbocycles. The minimum atomic E-state index is -0.105. The van der Waals surface area contributed by atoms with Crippen LogP contribution in [0.25, 0.3) is 0 Å². The molecule has 0 spiro atoms. The van der Waals surface area contributed by atoms with Crippen molar-refractivity contribution in [3.63, 3.8) is 0 Å². The van der Waals surface area contributed by atoms with Crippen molar-refractivity contribution in [3.05, 3.63) is 23.8 Å². The fourth-order valence-electron chi connectivity index (χ4n) is 2.53. The molecule has 0 amide bonds. The lowest BCUT2D eigenvalue weighted by Gasteiger charge is -2.27. The van der Waals surface area contributed by atoms with Gasteiger partial charge in [-0.25, -0.2) is 0 Å². The second kappa shape index (κ2) is 6.10. The summed E-state index contributed by atoms with van der Waals surface area (Å²) in [6.07, 6.45) is 4.77. The summed E-state index contributed by atoms with van der Waals surface area (Å²) in [4.78, 5) is 0. The van der Waals surface area contributed by atoms with E-state index in [2.05, 4.69) is 24.4 Å². The number of ether oxygens (including phenoxy) is 1. The van der Waals surface area contributed by atoms with Gasteiger partial charge in [-0.3, -0.25) is 0 Å². The lowest BCUT2D eigenvalue weighted by Crippen LogP contribution is -2.28. The molecule has 0 bridgehead atoms. The summed E-state index contributed by atoms with van der Waals surface area (Å²) < 4.78 is 5.40. The summed E-state index contributed by atoms with van der Waals surface area (Å²) >= 11 is 0. The summed E-state index contributed by atoms with van der Waals surface area (Å²) in [6.45, 7) is 2.16. The summed E-state index contributed by atoms with van der Waals surface area (Å²) in [5.74, 6) is 0.901. The van der Waals surface area contributed by atoms with E-state index < -0.39 is 0 Å². The molecule has 0 radical (unpaired) electrons. The van der Waals surface area contributed by atoms with Crippen LogP contribution >= 0.6 is 0 Å². The standard InChI is InChI=1S/C15H23NO2/c1-3-11-4-9-15(18-2)14(10-11)16-12-5-7-13(17)8-6-12/h4,9-10,12-13,16-17H,3,5-8H2,1-2H3. The predicted molar refractivity (Wildman–Crippen MR) is 74.3 cm³/mol. The Morgan fingerprint density at radius 3 is 2.61 bits per heavy atom. The number of anilines is 1. The first-order valence-corrected chi connectivity index (χ1v) is 6.84. The molecule has 1 aliphatic carbocycles. The van der Waals surface area contributed by atoms with Gasteiger partial charge in [0, 0.05) is 6.04 Å². The highest BCUT2D eigenvalue weighted by atomic mass is 16.5. The molecule has 0 aliphatic heterocycles. The van der Waals surface area contributed by atoms with Crippen LogP contribution in [0.15, 0.2) is 18.2 Å². The van der Waals surface area contributed by atoms with E-state index in [4.69, 9.17) is 4.74 Å². The Kier molecular flexibility index (Phi) is 4.48. The zero-order valence-electron chi connectivity index (χ0n) is 11.3. The van der Waals surface area contributed by atoms with Gasteiger partial charge in [-0.1, -0.05) is 13.0 Å². The second-order valence-corrected chi connectivity index (χ2v) is 5.04. The smallest absolute Gasteiger partial charge is 0.141 e. The first kappa shape index (κ1) is 13.2. The largest absolute Gasteiger partial charge is 0.495 e. The number of aliphatic hydroxyl groups is 1. The van der Waals surface area contributed by atoms with Crippen molar-refractivity contribution in [1.82, 2.24) is 0 Å². The number of benzene rings is 1. The van der Waals surface area contributed by atoms with Gasteiger partial charge in [0.05, 0.1) is 18.9 Å². The second-order valence-electron chi connectivity index (χ2n) is 5.04. The van der Waals surface area contributed by atoms with Crippen LogP contribution in [0.4, 0.5) is 5.69 Å². The Bertz CT molecular complexity index is 384. The molecule has 1 aromatic rings. The van der Waals surface area contributed by atoms with Crippen molar-refractivity contribution in [2.45, 2.75) is 51.2 Å². The van der Waals surface area contributed by atoms with Gasteiger partial charge < -0.3 is 15.2 Å². The summed E-state index contributed by atoms with van der Waals surface area (Å²) in [7, 11) is 1.71. The molecular weight excluding hydrogens is 226 g/mol. The third-order valence-corrected chi connectivity index (χ3v) is 3.73. The minimum absolute atomic E-state index is 0.105. The summed E-state index contributed by atoms with van der Waals surface area (Å²) in [6, 6.07) is 6.76. The van der Waals surface area contributed by atoms with E-state index in [1.807, 2.05) is 6.07 Å². The van der Waals surface area contributed by atoms with Crippen LogP contribution in [0.1, 0.15) is 38.2 Å². The van der Waals surface area contributed by atoms with Crippen LogP contribution in [0, 0.1) is 0 Å². The van der Waals surface area contributed by atoms with E-state index in [-0.39, 0.29) is 6.10 Å². The molecular formula is C15H23NO2. The van der Waals surface area contributed by atoms with Crippen LogP contribution < -0.4 is 10.1 Å². The van der Waals surface area contributed by atoms with Crippen molar-refractivity contribution in [2.24, 2.45) is 0 Å². The molecule has 0 atom stereocenters. The first-order valence-electron chi connectivity index (χ1n) is 6.84. The molecule has 2 N–H and O–H groups in total. The topological polar surface area (TPSA) is 41.5 Å². The molecule has 2 rings (SSSR count). The number of aryl methyl sites for hydroxylation is 1. The molecule has 100 valence electrons. The molecule has 0 aromatic heterocycles. The zero-order chi connectivity index (χ0) is 13.0. The lowest BCUT2D eigenvalue weighted by molar-refractivity contribution is 0.126. The number of hydrogen-bond donors (Lipinski definition) is 2. The van der Waals surface area contributed by atoms with Crippen LogP contribution in [0.5, 0.6) is 5.75 Å². The van der Waals surface area contributed by atoms with Crippen molar-refractivity contribution < 1.29 is 9.84 Å². The van der Waals surface area contributed by atoms with Crippen LogP contribution in [0.2, 0.25) is 0 Å². The highest BCUT2D eigenvalue weighted by Crippen LogP contribution is 2.29. The van der Waals surface area contributed by atoms with Crippen molar-refractivity contribution in [3.8, 4) is 5.75 Å². The molecule has 0 unspecified atom stereocenters. The van der Waals surface area contributed by atoms with E-state index in [1.165, 1.54) is 5.56 Å². The van der Waals surface area contributed by atoms with Crippen LogP contribution in [0.3, 0.4) is 0 Å². The van der Waals surface area contributed by atoms with Gasteiger partial charge in [0.2, 0.25) is 0 Å². The average molecular weight is 249 g/mol. The number of hydrogen-bond acceptors (Lipinski definition) is 3. The molecule has 3 nitrogen and oxygen atoms in total. The quantitative estimate of drug-likeness (QED) is 0.862. The minimum Gasteiger partial charge on any atom is -0.495 e. The van der Waals surface area contributed by atoms with Gasteiger partial charge in [0.15, 0.2) is 0 Å². The highest BCUT2D eigenvalue weighted by Gasteiger charge is 2.20. The summed E-state index contributed by atoms with van der Waals surface area (Å²) in [5.41, 5.74) is 2.40. The average Bonchev–Trinajstić information content (AvgIpc) is 2.41. The van der Waals surface area contributed by atoms with Gasteiger partial charge in [-0.15, -0.1) is 0 Å². The van der Waals surface area contributed by atoms with E-state index in [9.17, 15) is 5.11 Å². The van der Waals surface area contributed by atoms with E-state index in [1.54, 1.807) is 7.11 Å². The number of rotatable bonds is 4. The van der Waals surface area contributed by atoms with Gasteiger partial charge >= 0.3 is 0 Å². The van der Waals surface area contributed by atoms with Crippen molar-refractivity contribution >= 4 is 5.69 Å². The van der Waals surface area contributed by atoms with Crippen LogP contribution in [-0.4, -0.2) is 24.4 Å². The Morgan fingerprint density at radius 1 is 1.28 bits per heavy atom. The third-order valence-electron chi connectivity index (χ3n) is 3.73. The normalized spacial score (nSPS) is 23.7. The van der Waals surface area contributed by atoms with Gasteiger partial charge in [0.25, 0.3) is 0 Å². The van der Waals surface area contributed by atoms with E-state index in [0.29, 0.717) is 6.04 Å². The molecule has 18 heavy (non-hydrogen) atoms. The predicted octanol–water partition coefficient (Wildman–Crippen LogP) is 2.97. The Labute approximate surface area is 109 Å². The Morgan fingerprint density at radius 2 is 2.00 bits per heavy atom. The fraction of sp³-hybridized carbons (Fsp3) is 0.600. The SMILES string of the molecule is CCc1ccc(OC)c(NC2CCC(O)CC2)c1. The fourth-order valence-corrected chi connectivity index (χ4v) is 2.53. The Hall–Kier alpha value is -1.22. The van der Waals surface area contributed by atoms with Crippen molar-refractivity contribution in [2.75, 3.05) is 12.4 Å². The molecule has 0 heterocycles. The molecule has 1 aliphatic rings. The van der Waals surface area contributed by atoms with Crippen LogP contribution in [-0.2, 0) is 6.42 Å². The molecule has 1 saturated carbocycles. The lowest BCUT2D eigenvalue weighted by atomic mass is 9.93. The maximum absolute atomic E-state index is 9.52. The van der Waals surface area contributed by atoms with Gasteiger partial charge in [0.1, 0.15) is 5.75 Å². The maximum Gasteiger partial charge on any atom is 0.141 e.